The molecule has 19 heavy (non-hydrogen) atoms. The molecular formula is C14H17BrN2O2. The summed E-state index contributed by atoms with van der Waals surface area (Å²) in [5.74, 6) is 1.28. The number of fused-ring (bicyclic) bond motifs is 1. The number of hydrogen-bond acceptors (Lipinski definition) is 3. The number of carbonyl (C=O) groups excluding carboxylic acids is 1. The average molecular weight is 325 g/mol. The van der Waals surface area contributed by atoms with Gasteiger partial charge in [-0.15, -0.1) is 0 Å². The molecule has 102 valence electrons. The van der Waals surface area contributed by atoms with E-state index >= 15 is 0 Å². The number of benzene rings is 1. The SMILES string of the molecule is NC1C(=O)Nc2cc(OCC3CCCC3)c(Br)cc21. The molecule has 4 nitrogen and oxygen atoms in total. The third-order valence-electron chi connectivity index (χ3n) is 3.93. The summed E-state index contributed by atoms with van der Waals surface area (Å²) >= 11 is 3.49. The number of amides is 1. The number of ether oxygens (including phenoxy) is 1. The van der Waals surface area contributed by atoms with Crippen LogP contribution in [0.2, 0.25) is 0 Å². The van der Waals surface area contributed by atoms with Crippen molar-refractivity contribution in [1.82, 2.24) is 0 Å². The van der Waals surface area contributed by atoms with E-state index in [9.17, 15) is 4.79 Å². The lowest BCUT2D eigenvalue weighted by atomic mass is 10.1. The summed E-state index contributed by atoms with van der Waals surface area (Å²) in [6.45, 7) is 0.747. The number of carbonyl (C=O) groups is 1. The van der Waals surface area contributed by atoms with Crippen LogP contribution in [0.25, 0.3) is 0 Å². The van der Waals surface area contributed by atoms with Crippen molar-refractivity contribution in [2.45, 2.75) is 31.7 Å². The lowest BCUT2D eigenvalue weighted by Crippen LogP contribution is -2.19. The highest BCUT2D eigenvalue weighted by molar-refractivity contribution is 9.10. The quantitative estimate of drug-likeness (QED) is 0.898. The molecule has 1 atom stereocenters. The molecule has 1 amide bonds. The van der Waals surface area contributed by atoms with Crippen LogP contribution in [0.15, 0.2) is 16.6 Å². The molecule has 1 aromatic carbocycles. The van der Waals surface area contributed by atoms with Gasteiger partial charge in [0.2, 0.25) is 5.91 Å². The van der Waals surface area contributed by atoms with Crippen LogP contribution in [0.4, 0.5) is 5.69 Å². The Labute approximate surface area is 120 Å². The van der Waals surface area contributed by atoms with Gasteiger partial charge in [-0.2, -0.15) is 0 Å². The number of nitrogens with one attached hydrogen (secondary N) is 1. The van der Waals surface area contributed by atoms with Crippen LogP contribution >= 0.6 is 15.9 Å². The summed E-state index contributed by atoms with van der Waals surface area (Å²) in [5.41, 5.74) is 7.40. The second-order valence-electron chi connectivity index (χ2n) is 5.30. The normalized spacial score (nSPS) is 22.4. The topological polar surface area (TPSA) is 64.4 Å². The number of rotatable bonds is 3. The zero-order valence-electron chi connectivity index (χ0n) is 10.6. The maximum Gasteiger partial charge on any atom is 0.245 e. The second kappa shape index (κ2) is 5.13. The zero-order chi connectivity index (χ0) is 13.4. The van der Waals surface area contributed by atoms with Crippen molar-refractivity contribution in [3.8, 4) is 5.75 Å². The van der Waals surface area contributed by atoms with Crippen molar-refractivity contribution in [1.29, 1.82) is 0 Å². The van der Waals surface area contributed by atoms with E-state index < -0.39 is 6.04 Å². The molecule has 1 unspecified atom stereocenters. The van der Waals surface area contributed by atoms with Crippen LogP contribution < -0.4 is 15.8 Å². The molecule has 0 saturated heterocycles. The maximum absolute atomic E-state index is 11.5. The van der Waals surface area contributed by atoms with E-state index in [-0.39, 0.29) is 5.91 Å². The predicted octanol–water partition coefficient (Wildman–Crippen LogP) is 2.97. The first-order valence-electron chi connectivity index (χ1n) is 6.68. The van der Waals surface area contributed by atoms with Gasteiger partial charge in [-0.25, -0.2) is 0 Å². The number of hydrogen-bond donors (Lipinski definition) is 2. The molecule has 1 aliphatic heterocycles. The molecular weight excluding hydrogens is 308 g/mol. The second-order valence-corrected chi connectivity index (χ2v) is 6.15. The monoisotopic (exact) mass is 324 g/mol. The fourth-order valence-corrected chi connectivity index (χ4v) is 3.26. The Morgan fingerprint density at radius 3 is 2.84 bits per heavy atom. The van der Waals surface area contributed by atoms with E-state index in [1.54, 1.807) is 0 Å². The first-order chi connectivity index (χ1) is 9.15. The highest BCUT2D eigenvalue weighted by atomic mass is 79.9. The molecule has 2 aliphatic rings. The Bertz CT molecular complexity index is 512. The van der Waals surface area contributed by atoms with Gasteiger partial charge in [-0.1, -0.05) is 12.8 Å². The van der Waals surface area contributed by atoms with E-state index in [0.29, 0.717) is 5.92 Å². The summed E-state index contributed by atoms with van der Waals surface area (Å²) in [5, 5.41) is 2.78. The number of halogens is 1. The molecule has 3 N–H and O–H groups in total. The van der Waals surface area contributed by atoms with Crippen LogP contribution in [0.1, 0.15) is 37.3 Å². The molecule has 1 fully saturated rings. The van der Waals surface area contributed by atoms with E-state index in [4.69, 9.17) is 10.5 Å². The summed E-state index contributed by atoms with van der Waals surface area (Å²) in [4.78, 5) is 11.5. The zero-order valence-corrected chi connectivity index (χ0v) is 12.2. The average Bonchev–Trinajstić information content (AvgIpc) is 2.98. The van der Waals surface area contributed by atoms with Crippen molar-refractivity contribution in [3.63, 3.8) is 0 Å². The largest absolute Gasteiger partial charge is 0.492 e. The minimum atomic E-state index is -0.574. The Kier molecular flexibility index (Phi) is 3.50. The van der Waals surface area contributed by atoms with Gasteiger partial charge < -0.3 is 15.8 Å². The Balaban J connectivity index is 1.76. The molecule has 3 rings (SSSR count). The van der Waals surface area contributed by atoms with Gasteiger partial charge in [0.25, 0.3) is 0 Å². The third kappa shape index (κ3) is 2.49. The van der Waals surface area contributed by atoms with Gasteiger partial charge in [-0.3, -0.25) is 4.79 Å². The lowest BCUT2D eigenvalue weighted by molar-refractivity contribution is -0.116. The summed E-state index contributed by atoms with van der Waals surface area (Å²) in [6.07, 6.45) is 5.13. The highest BCUT2D eigenvalue weighted by Crippen LogP contribution is 2.38. The molecule has 1 aromatic rings. The Hall–Kier alpha value is -1.07. The molecule has 5 heteroatoms. The number of nitrogens with two attached hydrogens (primary N) is 1. The smallest absolute Gasteiger partial charge is 0.245 e. The molecule has 1 saturated carbocycles. The van der Waals surface area contributed by atoms with Crippen LogP contribution in [-0.4, -0.2) is 12.5 Å². The van der Waals surface area contributed by atoms with Crippen molar-refractivity contribution in [2.24, 2.45) is 11.7 Å². The van der Waals surface area contributed by atoms with E-state index in [1.807, 2.05) is 12.1 Å². The Morgan fingerprint density at radius 1 is 1.37 bits per heavy atom. The first kappa shape index (κ1) is 12.9. The summed E-state index contributed by atoms with van der Waals surface area (Å²) in [6, 6.07) is 3.16. The fraction of sp³-hybridized carbons (Fsp3) is 0.500. The van der Waals surface area contributed by atoms with E-state index in [0.717, 1.165) is 28.1 Å². The molecule has 1 heterocycles. The molecule has 0 bridgehead atoms. The standard InChI is InChI=1S/C14H17BrN2O2/c15-10-5-9-11(17-14(18)13(9)16)6-12(10)19-7-8-3-1-2-4-8/h5-6,8,13H,1-4,7,16H2,(H,17,18). The van der Waals surface area contributed by atoms with E-state index in [1.165, 1.54) is 25.7 Å². The van der Waals surface area contributed by atoms with Crippen LogP contribution in [-0.2, 0) is 4.79 Å². The fourth-order valence-electron chi connectivity index (χ4n) is 2.78. The van der Waals surface area contributed by atoms with Crippen LogP contribution in [0.3, 0.4) is 0 Å². The molecule has 0 radical (unpaired) electrons. The predicted molar refractivity (Wildman–Crippen MR) is 77.2 cm³/mol. The van der Waals surface area contributed by atoms with Crippen molar-refractivity contribution < 1.29 is 9.53 Å². The molecule has 0 aromatic heterocycles. The number of anilines is 1. The molecule has 1 aliphatic carbocycles. The van der Waals surface area contributed by atoms with E-state index in [2.05, 4.69) is 21.2 Å². The highest BCUT2D eigenvalue weighted by Gasteiger charge is 2.28. The van der Waals surface area contributed by atoms with Gasteiger partial charge in [0.15, 0.2) is 0 Å². The van der Waals surface area contributed by atoms with Crippen molar-refractivity contribution in [2.75, 3.05) is 11.9 Å². The van der Waals surface area contributed by atoms with Crippen LogP contribution in [0, 0.1) is 5.92 Å². The minimum absolute atomic E-state index is 0.158. The first-order valence-corrected chi connectivity index (χ1v) is 7.47. The van der Waals surface area contributed by atoms with Gasteiger partial charge >= 0.3 is 0 Å². The lowest BCUT2D eigenvalue weighted by Gasteiger charge is -2.14. The summed E-state index contributed by atoms with van der Waals surface area (Å²) in [7, 11) is 0. The minimum Gasteiger partial charge on any atom is -0.492 e. The van der Waals surface area contributed by atoms with Crippen molar-refractivity contribution >= 4 is 27.5 Å². The van der Waals surface area contributed by atoms with Gasteiger partial charge in [0.05, 0.1) is 11.1 Å². The van der Waals surface area contributed by atoms with Gasteiger partial charge in [0.1, 0.15) is 11.8 Å². The van der Waals surface area contributed by atoms with Gasteiger partial charge in [-0.05, 0) is 40.8 Å². The summed E-state index contributed by atoms with van der Waals surface area (Å²) < 4.78 is 6.74. The third-order valence-corrected chi connectivity index (χ3v) is 4.55. The van der Waals surface area contributed by atoms with Crippen molar-refractivity contribution in [3.05, 3.63) is 22.2 Å². The van der Waals surface area contributed by atoms with Crippen LogP contribution in [0.5, 0.6) is 5.75 Å². The van der Waals surface area contributed by atoms with Gasteiger partial charge in [0, 0.05) is 17.3 Å². The maximum atomic E-state index is 11.5. The molecule has 0 spiro atoms. The Morgan fingerprint density at radius 2 is 2.11 bits per heavy atom.